The fourth-order valence-electron chi connectivity index (χ4n) is 6.70. The normalized spacial score (nSPS) is 14.6. The minimum atomic E-state index is -4.64. The Hall–Kier alpha value is -7.04. The fraction of sp³-hybridized carbons (Fsp3) is 0.340. The van der Waals surface area contributed by atoms with Crippen molar-refractivity contribution in [3.05, 3.63) is 137 Å². The predicted octanol–water partition coefficient (Wildman–Crippen LogP) is 4.54. The van der Waals surface area contributed by atoms with Crippen LogP contribution in [0.5, 0.6) is 0 Å². The van der Waals surface area contributed by atoms with Gasteiger partial charge in [0.1, 0.15) is 29.7 Å². The number of carbonyl (C=O) groups excluding carboxylic acids is 6. The lowest BCUT2D eigenvalue weighted by Crippen LogP contribution is -2.59. The van der Waals surface area contributed by atoms with Gasteiger partial charge in [-0.2, -0.15) is 13.2 Å². The molecule has 5 rings (SSSR count). The fourth-order valence-corrected chi connectivity index (χ4v) is 6.70. The molecule has 0 heterocycles. The summed E-state index contributed by atoms with van der Waals surface area (Å²) in [5.74, 6) is -5.59. The van der Waals surface area contributed by atoms with Crippen molar-refractivity contribution in [2.45, 2.75) is 101 Å². The summed E-state index contributed by atoms with van der Waals surface area (Å²) in [6.07, 6.45) is -4.79. The molecule has 1 aliphatic rings. The molecule has 1 aliphatic carbocycles. The van der Waals surface area contributed by atoms with Crippen molar-refractivity contribution in [3.63, 3.8) is 0 Å². The van der Waals surface area contributed by atoms with Gasteiger partial charge in [-0.15, -0.1) is 0 Å². The average Bonchev–Trinajstić information content (AvgIpc) is 4.06. The second-order valence-electron chi connectivity index (χ2n) is 15.9. The van der Waals surface area contributed by atoms with Crippen molar-refractivity contribution >= 4 is 47.1 Å². The molecular weight excluding hydrogens is 834 g/mol. The van der Waals surface area contributed by atoms with Gasteiger partial charge in [0.05, 0.1) is 5.56 Å². The molecule has 4 aromatic rings. The van der Waals surface area contributed by atoms with Crippen LogP contribution in [-0.4, -0.2) is 76.2 Å². The molecule has 0 aliphatic heterocycles. The van der Waals surface area contributed by atoms with Crippen molar-refractivity contribution in [3.8, 4) is 0 Å². The summed E-state index contributed by atoms with van der Waals surface area (Å²) < 4.78 is 40.4. The van der Waals surface area contributed by atoms with Crippen LogP contribution in [-0.2, 0) is 59.0 Å². The highest BCUT2D eigenvalue weighted by Crippen LogP contribution is 2.35. The first-order valence-corrected chi connectivity index (χ1v) is 20.8. The van der Waals surface area contributed by atoms with Crippen molar-refractivity contribution in [2.24, 2.45) is 0 Å². The number of halogens is 3. The molecule has 4 aromatic carbocycles. The number of carboxylic acids is 1. The maximum Gasteiger partial charge on any atom is 0.416 e. The number of hydrogen-bond donors (Lipinski definition) is 7. The summed E-state index contributed by atoms with van der Waals surface area (Å²) in [6, 6.07) is 23.3. The lowest BCUT2D eigenvalue weighted by Gasteiger charge is -2.26. The summed E-state index contributed by atoms with van der Waals surface area (Å²) in [7, 11) is 0. The quantitative estimate of drug-likeness (QED) is 0.0630. The van der Waals surface area contributed by atoms with E-state index in [0.29, 0.717) is 17.7 Å². The third-order valence-corrected chi connectivity index (χ3v) is 10.7. The predicted molar refractivity (Wildman–Crippen MR) is 230 cm³/mol. The second-order valence-corrected chi connectivity index (χ2v) is 15.9. The van der Waals surface area contributed by atoms with E-state index in [1.54, 1.807) is 54.6 Å². The Labute approximate surface area is 368 Å². The van der Waals surface area contributed by atoms with Gasteiger partial charge in [0.25, 0.3) is 0 Å². The van der Waals surface area contributed by atoms with Gasteiger partial charge in [0.2, 0.25) is 35.4 Å². The third kappa shape index (κ3) is 14.5. The number of carboxylic acid groups (broad SMARTS) is 1. The van der Waals surface area contributed by atoms with E-state index in [1.807, 2.05) is 37.3 Å². The summed E-state index contributed by atoms with van der Waals surface area (Å²) in [4.78, 5) is 93.0. The average molecular weight is 885 g/mol. The zero-order valence-corrected chi connectivity index (χ0v) is 35.3. The Balaban J connectivity index is 1.36. The van der Waals surface area contributed by atoms with E-state index in [0.717, 1.165) is 35.4 Å². The molecule has 4 atom stereocenters. The number of nitrogens with one attached hydrogen (secondary N) is 6. The van der Waals surface area contributed by atoms with Crippen LogP contribution in [0.1, 0.15) is 66.8 Å². The number of hydrogen-bond acceptors (Lipinski definition) is 7. The van der Waals surface area contributed by atoms with Crippen molar-refractivity contribution < 1.29 is 51.8 Å². The molecule has 1 fully saturated rings. The summed E-state index contributed by atoms with van der Waals surface area (Å²) in [5.41, 5.74) is 0.824. The van der Waals surface area contributed by atoms with Crippen LogP contribution >= 0.6 is 0 Å². The molecule has 1 saturated carbocycles. The molecule has 64 heavy (non-hydrogen) atoms. The minimum Gasteiger partial charge on any atom is -0.480 e. The molecule has 17 heteroatoms. The number of carbonyl (C=O) groups is 7. The molecule has 0 bridgehead atoms. The number of aliphatic carboxylic acids is 1. The first kappa shape index (κ1) is 48.0. The molecule has 14 nitrogen and oxygen atoms in total. The van der Waals surface area contributed by atoms with E-state index in [4.69, 9.17) is 0 Å². The Morgan fingerprint density at radius 2 is 1.11 bits per heavy atom. The van der Waals surface area contributed by atoms with Gasteiger partial charge >= 0.3 is 12.1 Å². The van der Waals surface area contributed by atoms with Crippen LogP contribution in [0.4, 0.5) is 18.9 Å². The zero-order chi connectivity index (χ0) is 46.4. The first-order valence-electron chi connectivity index (χ1n) is 20.8. The third-order valence-electron chi connectivity index (χ3n) is 10.7. The molecule has 0 aromatic heterocycles. The Bertz CT molecular complexity index is 2270. The smallest absolute Gasteiger partial charge is 0.416 e. The first-order chi connectivity index (χ1) is 30.4. The SMILES string of the molecule is Cc1ccc(NC(=O)CCC(=O)N[C@H](CCc2ccccc2)C(=O)N[C@@H](Cc2ccc(C(F)(F)F)cc2)C(=O)N[C@H](Cc2ccccc2)C(=O)N[C@H](C)C(=O)NC2(C(=O)O)CC2)cc1. The number of rotatable bonds is 21. The standard InChI is InChI=1S/C47H51F3N6O8/c1-29-13-20-35(21-14-29)52-39(57)23-24-40(58)53-36(22-17-31-9-5-3-6-10-31)42(60)54-38(28-33-15-18-34(19-16-33)47(48,49)50)44(62)55-37(27-32-11-7-4-8-12-32)43(61)51-30(2)41(59)56-46(25-26-46)45(63)64/h3-16,18-21,30,36-38H,17,22-28H2,1-2H3,(H,51,61)(H,52,57)(H,53,58)(H,54,60)(H,55,62)(H,56,59)(H,63,64)/t30-,36-,37-,38+/m1/s1. The number of benzene rings is 4. The number of alkyl halides is 3. The maximum absolute atomic E-state index is 14.3. The Morgan fingerprint density at radius 1 is 0.609 bits per heavy atom. The molecule has 6 amide bonds. The van der Waals surface area contributed by atoms with Gasteiger partial charge in [-0.05, 0) is 80.5 Å². The Kier molecular flexibility index (Phi) is 16.4. The highest BCUT2D eigenvalue weighted by molar-refractivity contribution is 5.97. The molecule has 0 saturated heterocycles. The van der Waals surface area contributed by atoms with Gasteiger partial charge < -0.3 is 37.0 Å². The van der Waals surface area contributed by atoms with Gasteiger partial charge in [-0.3, -0.25) is 28.8 Å². The molecule has 0 spiro atoms. The van der Waals surface area contributed by atoms with Crippen LogP contribution < -0.4 is 31.9 Å². The Morgan fingerprint density at radius 3 is 1.64 bits per heavy atom. The topological polar surface area (TPSA) is 212 Å². The van der Waals surface area contributed by atoms with E-state index < -0.39 is 82.9 Å². The van der Waals surface area contributed by atoms with Crippen molar-refractivity contribution in [1.29, 1.82) is 0 Å². The second kappa shape index (κ2) is 21.8. The summed E-state index contributed by atoms with van der Waals surface area (Å²) in [5, 5.41) is 25.2. The molecule has 0 radical (unpaired) electrons. The number of amides is 6. The largest absolute Gasteiger partial charge is 0.480 e. The van der Waals surface area contributed by atoms with Crippen molar-refractivity contribution in [1.82, 2.24) is 26.6 Å². The number of aryl methyl sites for hydroxylation is 2. The van der Waals surface area contributed by atoms with Crippen LogP contribution in [0.2, 0.25) is 0 Å². The van der Waals surface area contributed by atoms with Gasteiger partial charge in [-0.25, -0.2) is 4.79 Å². The van der Waals surface area contributed by atoms with Crippen LogP contribution in [0, 0.1) is 6.92 Å². The lowest BCUT2D eigenvalue weighted by atomic mass is 10.00. The minimum absolute atomic E-state index is 0.0495. The maximum atomic E-state index is 14.3. The molecular formula is C47H51F3N6O8. The van der Waals surface area contributed by atoms with E-state index in [1.165, 1.54) is 6.92 Å². The monoisotopic (exact) mass is 884 g/mol. The van der Waals surface area contributed by atoms with Crippen LogP contribution in [0.25, 0.3) is 0 Å². The lowest BCUT2D eigenvalue weighted by molar-refractivity contribution is -0.143. The number of anilines is 1. The van der Waals surface area contributed by atoms with E-state index in [2.05, 4.69) is 31.9 Å². The molecule has 7 N–H and O–H groups in total. The van der Waals surface area contributed by atoms with Crippen molar-refractivity contribution in [2.75, 3.05) is 5.32 Å². The van der Waals surface area contributed by atoms with E-state index in [-0.39, 0.29) is 50.5 Å². The summed E-state index contributed by atoms with van der Waals surface area (Å²) >= 11 is 0. The van der Waals surface area contributed by atoms with Gasteiger partial charge in [0, 0.05) is 31.4 Å². The zero-order valence-electron chi connectivity index (χ0n) is 35.3. The van der Waals surface area contributed by atoms with Gasteiger partial charge in [0.15, 0.2) is 0 Å². The van der Waals surface area contributed by atoms with Gasteiger partial charge in [-0.1, -0.05) is 90.5 Å². The van der Waals surface area contributed by atoms with E-state index in [9.17, 15) is 51.8 Å². The van der Waals surface area contributed by atoms with Crippen LogP contribution in [0.15, 0.2) is 109 Å². The molecule has 338 valence electrons. The summed E-state index contributed by atoms with van der Waals surface area (Å²) in [6.45, 7) is 3.24. The highest BCUT2D eigenvalue weighted by Gasteiger charge is 2.52. The van der Waals surface area contributed by atoms with E-state index >= 15 is 0 Å². The highest BCUT2D eigenvalue weighted by atomic mass is 19.4. The molecule has 0 unspecified atom stereocenters. The van der Waals surface area contributed by atoms with Crippen LogP contribution in [0.3, 0.4) is 0 Å².